The summed E-state index contributed by atoms with van der Waals surface area (Å²) in [7, 11) is -4.17. The molecule has 2 heterocycles. The third-order valence-corrected chi connectivity index (χ3v) is 2.69. The van der Waals surface area contributed by atoms with Crippen LogP contribution >= 0.6 is 7.60 Å². The van der Waals surface area contributed by atoms with Crippen LogP contribution in [-0.2, 0) is 15.7 Å². The quantitative estimate of drug-likeness (QED) is 0.342. The van der Waals surface area contributed by atoms with Crippen LogP contribution in [0.5, 0.6) is 0 Å². The Labute approximate surface area is 106 Å². The van der Waals surface area contributed by atoms with Crippen molar-refractivity contribution in [3.05, 3.63) is 16.2 Å². The number of rotatable bonds is 5. The highest BCUT2D eigenvalue weighted by molar-refractivity contribution is 7.51. The second kappa shape index (κ2) is 5.10. The summed E-state index contributed by atoms with van der Waals surface area (Å²) in [5, 5.41) is 0. The Balaban J connectivity index is 2.04. The Hall–Kier alpha value is -1.74. The molecule has 0 bridgehead atoms. The molecular formula is C8H12N5O5P. The Morgan fingerprint density at radius 1 is 1.32 bits per heavy atom. The van der Waals surface area contributed by atoms with Crippen molar-refractivity contribution in [1.29, 1.82) is 0 Å². The molecule has 10 nitrogen and oxygen atoms in total. The molecule has 0 aliphatic carbocycles. The fourth-order valence-corrected chi connectivity index (χ4v) is 1.81. The molecule has 0 aliphatic rings. The van der Waals surface area contributed by atoms with Gasteiger partial charge in [0.25, 0.3) is 5.56 Å². The van der Waals surface area contributed by atoms with Crippen LogP contribution in [0.15, 0.2) is 4.79 Å². The molecule has 104 valence electrons. The summed E-state index contributed by atoms with van der Waals surface area (Å²) in [5.74, 6) is 0.387. The summed E-state index contributed by atoms with van der Waals surface area (Å²) in [6, 6.07) is 0. The first-order valence-corrected chi connectivity index (χ1v) is 7.01. The first-order chi connectivity index (χ1) is 8.85. The first kappa shape index (κ1) is 13.7. The van der Waals surface area contributed by atoms with E-state index in [2.05, 4.69) is 19.9 Å². The Morgan fingerprint density at radius 3 is 2.74 bits per heavy atom. The van der Waals surface area contributed by atoms with Crippen molar-refractivity contribution in [3.8, 4) is 0 Å². The van der Waals surface area contributed by atoms with Crippen LogP contribution in [0.4, 0.5) is 5.95 Å². The fraction of sp³-hybridized carbons (Fsp3) is 0.375. The lowest BCUT2D eigenvalue weighted by Gasteiger charge is -2.03. The van der Waals surface area contributed by atoms with Gasteiger partial charge in [0.15, 0.2) is 11.2 Å². The summed E-state index contributed by atoms with van der Waals surface area (Å²) in [6.45, 7) is 0.0539. The van der Waals surface area contributed by atoms with Gasteiger partial charge in [0.1, 0.15) is 12.2 Å². The van der Waals surface area contributed by atoms with Gasteiger partial charge < -0.3 is 25.2 Å². The highest BCUT2D eigenvalue weighted by Crippen LogP contribution is 2.33. The number of hydrogen-bond acceptors (Lipinski definition) is 6. The molecule has 0 amide bonds. The maximum atomic E-state index is 11.5. The zero-order valence-corrected chi connectivity index (χ0v) is 10.6. The average Bonchev–Trinajstić information content (AvgIpc) is 2.66. The minimum Gasteiger partial charge on any atom is -0.369 e. The lowest BCUT2D eigenvalue weighted by molar-refractivity contribution is 0.159. The summed E-state index contributed by atoms with van der Waals surface area (Å²) >= 11 is 0. The monoisotopic (exact) mass is 289 g/mol. The van der Waals surface area contributed by atoms with Crippen molar-refractivity contribution < 1.29 is 19.1 Å². The maximum absolute atomic E-state index is 11.5. The first-order valence-electron chi connectivity index (χ1n) is 5.22. The molecule has 0 saturated carbocycles. The van der Waals surface area contributed by atoms with Crippen molar-refractivity contribution in [3.63, 3.8) is 0 Å². The number of nitrogens with one attached hydrogen (secondary N) is 2. The largest absolute Gasteiger partial charge is 0.369 e. The van der Waals surface area contributed by atoms with Crippen LogP contribution in [0.25, 0.3) is 11.2 Å². The van der Waals surface area contributed by atoms with E-state index in [1.165, 1.54) is 0 Å². The standard InChI is InChI=1S/C8H12N5O5P/c9-8-12-6-5(7(14)13-8)10-4(11-6)1-2-18-3-19(15,16)17/h1-3H2,(H2,15,16,17)(H4,9,10,11,12,13,14). The van der Waals surface area contributed by atoms with Crippen LogP contribution in [0, 0.1) is 0 Å². The summed E-state index contributed by atoms with van der Waals surface area (Å²) in [6.07, 6.45) is -0.394. The number of aromatic nitrogens is 4. The molecule has 19 heavy (non-hydrogen) atoms. The van der Waals surface area contributed by atoms with Gasteiger partial charge >= 0.3 is 7.60 Å². The topological polar surface area (TPSA) is 167 Å². The number of nitrogens with zero attached hydrogens (tertiary/aromatic N) is 2. The molecule has 0 saturated heterocycles. The molecule has 0 radical (unpaired) electrons. The van der Waals surface area contributed by atoms with E-state index in [0.29, 0.717) is 5.82 Å². The van der Waals surface area contributed by atoms with Gasteiger partial charge in [-0.25, -0.2) is 4.98 Å². The molecule has 0 fully saturated rings. The van der Waals surface area contributed by atoms with E-state index in [-0.39, 0.29) is 30.1 Å². The molecule has 0 atom stereocenters. The van der Waals surface area contributed by atoms with Crippen molar-refractivity contribution in [2.75, 3.05) is 18.7 Å². The van der Waals surface area contributed by atoms with Gasteiger partial charge in [-0.3, -0.25) is 14.3 Å². The van der Waals surface area contributed by atoms with Gasteiger partial charge in [-0.05, 0) is 0 Å². The van der Waals surface area contributed by atoms with Crippen LogP contribution in [0.3, 0.4) is 0 Å². The lowest BCUT2D eigenvalue weighted by Crippen LogP contribution is -2.10. The number of imidazole rings is 1. The van der Waals surface area contributed by atoms with Gasteiger partial charge in [0, 0.05) is 6.42 Å². The number of fused-ring (bicyclic) bond motifs is 1. The second-order valence-electron chi connectivity index (χ2n) is 3.79. The van der Waals surface area contributed by atoms with Crippen molar-refractivity contribution >= 4 is 24.7 Å². The Kier molecular flexibility index (Phi) is 3.67. The average molecular weight is 289 g/mol. The van der Waals surface area contributed by atoms with E-state index >= 15 is 0 Å². The Morgan fingerprint density at radius 2 is 2.05 bits per heavy atom. The van der Waals surface area contributed by atoms with E-state index in [4.69, 9.17) is 20.3 Å². The van der Waals surface area contributed by atoms with Crippen molar-refractivity contribution in [2.24, 2.45) is 0 Å². The van der Waals surface area contributed by atoms with Crippen LogP contribution in [0.1, 0.15) is 5.82 Å². The molecule has 2 aromatic heterocycles. The number of nitrogen functional groups attached to an aromatic ring is 1. The molecule has 0 spiro atoms. The van der Waals surface area contributed by atoms with Gasteiger partial charge in [-0.1, -0.05) is 0 Å². The second-order valence-corrected chi connectivity index (χ2v) is 5.37. The van der Waals surface area contributed by atoms with E-state index in [0.717, 1.165) is 0 Å². The van der Waals surface area contributed by atoms with Crippen molar-refractivity contribution in [2.45, 2.75) is 6.42 Å². The lowest BCUT2D eigenvalue weighted by atomic mass is 10.4. The smallest absolute Gasteiger partial charge is 0.350 e. The van der Waals surface area contributed by atoms with E-state index in [9.17, 15) is 9.36 Å². The zero-order chi connectivity index (χ0) is 14.0. The van der Waals surface area contributed by atoms with Crippen LogP contribution in [-0.4, -0.2) is 42.7 Å². The molecule has 0 aliphatic heterocycles. The van der Waals surface area contributed by atoms with Gasteiger partial charge in [-0.2, -0.15) is 4.98 Å². The molecular weight excluding hydrogens is 277 g/mol. The van der Waals surface area contributed by atoms with E-state index < -0.39 is 19.5 Å². The third kappa shape index (κ3) is 3.61. The Bertz CT molecular complexity index is 688. The number of nitrogens with two attached hydrogens (primary N) is 1. The molecule has 0 unspecified atom stereocenters. The minimum atomic E-state index is -4.17. The van der Waals surface area contributed by atoms with Gasteiger partial charge in [0.05, 0.1) is 6.61 Å². The molecule has 6 N–H and O–H groups in total. The van der Waals surface area contributed by atoms with E-state index in [1.54, 1.807) is 0 Å². The fourth-order valence-electron chi connectivity index (χ4n) is 1.44. The molecule has 2 aromatic rings. The number of aromatic amines is 2. The highest BCUT2D eigenvalue weighted by Gasteiger charge is 2.13. The third-order valence-electron chi connectivity index (χ3n) is 2.17. The number of H-pyrrole nitrogens is 2. The van der Waals surface area contributed by atoms with Crippen molar-refractivity contribution in [1.82, 2.24) is 19.9 Å². The number of hydrogen-bond donors (Lipinski definition) is 5. The molecule has 0 aromatic carbocycles. The normalized spacial score (nSPS) is 12.1. The van der Waals surface area contributed by atoms with Gasteiger partial charge in [-0.15, -0.1) is 0 Å². The predicted octanol–water partition coefficient (Wildman–Crippen LogP) is -1.08. The zero-order valence-electron chi connectivity index (χ0n) is 9.66. The number of ether oxygens (including phenoxy) is 1. The number of anilines is 1. The summed E-state index contributed by atoms with van der Waals surface area (Å²) in [4.78, 5) is 41.6. The highest BCUT2D eigenvalue weighted by atomic mass is 31.2. The maximum Gasteiger partial charge on any atom is 0.350 e. The van der Waals surface area contributed by atoms with Crippen LogP contribution < -0.4 is 11.3 Å². The van der Waals surface area contributed by atoms with E-state index in [1.807, 2.05) is 0 Å². The summed E-state index contributed by atoms with van der Waals surface area (Å²) < 4.78 is 15.3. The van der Waals surface area contributed by atoms with Crippen LogP contribution in [0.2, 0.25) is 0 Å². The summed E-state index contributed by atoms with van der Waals surface area (Å²) in [5.41, 5.74) is 5.32. The predicted molar refractivity (Wildman–Crippen MR) is 65.5 cm³/mol. The minimum absolute atomic E-state index is 0.0340. The SMILES string of the molecule is Nc1nc2nc(CCOCP(=O)(O)O)[nH]c2c(=O)[nH]1. The van der Waals surface area contributed by atoms with Gasteiger partial charge in [0.2, 0.25) is 5.95 Å². The molecule has 2 rings (SSSR count). The molecule has 11 heteroatoms.